The molecule has 0 fully saturated rings. The SMILES string of the molecule is CCC(NC1=NC(C(C)C)CCS1)c1ccccc1. The van der Waals surface area contributed by atoms with Crippen molar-refractivity contribution in [2.45, 2.75) is 45.7 Å². The third kappa shape index (κ3) is 4.00. The van der Waals surface area contributed by atoms with Crippen LogP contribution >= 0.6 is 11.8 Å². The van der Waals surface area contributed by atoms with Gasteiger partial charge in [0.2, 0.25) is 0 Å². The van der Waals surface area contributed by atoms with Crippen molar-refractivity contribution in [3.63, 3.8) is 0 Å². The lowest BCUT2D eigenvalue weighted by Gasteiger charge is -2.26. The van der Waals surface area contributed by atoms with E-state index < -0.39 is 0 Å². The van der Waals surface area contributed by atoms with Gasteiger partial charge in [-0.3, -0.25) is 4.99 Å². The minimum absolute atomic E-state index is 0.373. The summed E-state index contributed by atoms with van der Waals surface area (Å²) in [6.45, 7) is 6.74. The molecule has 0 aromatic heterocycles. The van der Waals surface area contributed by atoms with Crippen molar-refractivity contribution in [2.75, 3.05) is 5.75 Å². The average molecular weight is 276 g/mol. The molecule has 3 heteroatoms. The highest BCUT2D eigenvalue weighted by atomic mass is 32.2. The highest BCUT2D eigenvalue weighted by molar-refractivity contribution is 8.13. The number of nitrogens with zero attached hydrogens (tertiary/aromatic N) is 1. The fourth-order valence-corrected chi connectivity index (χ4v) is 3.33. The maximum atomic E-state index is 4.86. The van der Waals surface area contributed by atoms with Crippen molar-refractivity contribution in [3.8, 4) is 0 Å². The van der Waals surface area contributed by atoms with Crippen LogP contribution in [0.15, 0.2) is 35.3 Å². The van der Waals surface area contributed by atoms with E-state index >= 15 is 0 Å². The van der Waals surface area contributed by atoms with E-state index in [1.165, 1.54) is 17.7 Å². The molecule has 0 amide bonds. The predicted octanol–water partition coefficient (Wildman–Crippen LogP) is 4.24. The highest BCUT2D eigenvalue weighted by Gasteiger charge is 2.20. The number of hydrogen-bond acceptors (Lipinski definition) is 3. The molecule has 0 radical (unpaired) electrons. The molecule has 2 unspecified atom stereocenters. The molecule has 2 nitrogen and oxygen atoms in total. The van der Waals surface area contributed by atoms with Crippen LogP contribution in [-0.2, 0) is 0 Å². The zero-order valence-corrected chi connectivity index (χ0v) is 12.9. The Hall–Kier alpha value is -0.960. The molecule has 0 spiro atoms. The molecular formula is C16H24N2S. The molecule has 0 saturated heterocycles. The zero-order valence-electron chi connectivity index (χ0n) is 12.1. The standard InChI is InChI=1S/C16H24N2S/c1-4-14(13-8-6-5-7-9-13)17-16-18-15(12(2)3)10-11-19-16/h5-9,12,14-15H,4,10-11H2,1-3H3,(H,17,18). The zero-order chi connectivity index (χ0) is 13.7. The number of rotatable bonds is 4. The monoisotopic (exact) mass is 276 g/mol. The Bertz CT molecular complexity index is 414. The summed E-state index contributed by atoms with van der Waals surface area (Å²) >= 11 is 1.86. The summed E-state index contributed by atoms with van der Waals surface area (Å²) in [5.74, 6) is 1.81. The second-order valence-corrected chi connectivity index (χ2v) is 6.48. The third-order valence-corrected chi connectivity index (χ3v) is 4.55. The lowest BCUT2D eigenvalue weighted by Crippen LogP contribution is -2.31. The van der Waals surface area contributed by atoms with E-state index in [0.717, 1.165) is 11.6 Å². The molecule has 104 valence electrons. The van der Waals surface area contributed by atoms with Gasteiger partial charge in [0.1, 0.15) is 0 Å². The number of thioether (sulfide) groups is 1. The first-order valence-corrected chi connectivity index (χ1v) is 8.21. The lowest BCUT2D eigenvalue weighted by atomic mass is 10.0. The van der Waals surface area contributed by atoms with E-state index in [1.54, 1.807) is 0 Å². The lowest BCUT2D eigenvalue weighted by molar-refractivity contribution is 0.480. The minimum Gasteiger partial charge on any atom is -0.358 e. The van der Waals surface area contributed by atoms with E-state index in [9.17, 15) is 0 Å². The van der Waals surface area contributed by atoms with Crippen LogP contribution in [0.1, 0.15) is 45.2 Å². The third-order valence-electron chi connectivity index (χ3n) is 3.61. The van der Waals surface area contributed by atoms with Gasteiger partial charge < -0.3 is 5.32 Å². The van der Waals surface area contributed by atoms with E-state index in [0.29, 0.717) is 18.0 Å². The van der Waals surface area contributed by atoms with Gasteiger partial charge in [0.05, 0.1) is 12.1 Å². The van der Waals surface area contributed by atoms with Crippen LogP contribution < -0.4 is 5.32 Å². The molecular weight excluding hydrogens is 252 g/mol. The average Bonchev–Trinajstić information content (AvgIpc) is 2.46. The van der Waals surface area contributed by atoms with Crippen LogP contribution in [0.4, 0.5) is 0 Å². The first-order chi connectivity index (χ1) is 9.20. The molecule has 1 aliphatic rings. The summed E-state index contributed by atoms with van der Waals surface area (Å²) in [5.41, 5.74) is 1.35. The molecule has 0 bridgehead atoms. The predicted molar refractivity (Wildman–Crippen MR) is 85.7 cm³/mol. The summed E-state index contributed by atoms with van der Waals surface area (Å²) in [4.78, 5) is 4.86. The molecule has 1 aliphatic heterocycles. The smallest absolute Gasteiger partial charge is 0.157 e. The van der Waals surface area contributed by atoms with E-state index in [-0.39, 0.29) is 0 Å². The summed E-state index contributed by atoms with van der Waals surface area (Å²) in [6.07, 6.45) is 2.28. The van der Waals surface area contributed by atoms with Crippen LogP contribution in [0.3, 0.4) is 0 Å². The van der Waals surface area contributed by atoms with Crippen molar-refractivity contribution in [2.24, 2.45) is 10.9 Å². The number of aliphatic imine (C=N–C) groups is 1. The topological polar surface area (TPSA) is 24.4 Å². The van der Waals surface area contributed by atoms with E-state index in [4.69, 9.17) is 4.99 Å². The van der Waals surface area contributed by atoms with Crippen LogP contribution in [0.2, 0.25) is 0 Å². The maximum absolute atomic E-state index is 4.86. The Kier molecular flexibility index (Phi) is 5.32. The summed E-state index contributed by atoms with van der Waals surface area (Å²) in [5, 5.41) is 4.75. The first-order valence-electron chi connectivity index (χ1n) is 7.22. The number of benzene rings is 1. The van der Waals surface area contributed by atoms with Gasteiger partial charge in [-0.1, -0.05) is 62.9 Å². The molecule has 1 N–H and O–H groups in total. The Balaban J connectivity index is 2.06. The molecule has 1 heterocycles. The van der Waals surface area contributed by atoms with Crippen molar-refractivity contribution >= 4 is 16.9 Å². The largest absolute Gasteiger partial charge is 0.358 e. The van der Waals surface area contributed by atoms with Crippen LogP contribution in [0, 0.1) is 5.92 Å². The summed E-state index contributed by atoms with van der Waals surface area (Å²) in [6, 6.07) is 11.5. The second-order valence-electron chi connectivity index (χ2n) is 5.40. The Morgan fingerprint density at radius 2 is 2.05 bits per heavy atom. The molecule has 19 heavy (non-hydrogen) atoms. The van der Waals surface area contributed by atoms with E-state index in [1.807, 2.05) is 11.8 Å². The van der Waals surface area contributed by atoms with Gasteiger partial charge in [0.25, 0.3) is 0 Å². The molecule has 0 aliphatic carbocycles. The fourth-order valence-electron chi connectivity index (χ4n) is 2.35. The van der Waals surface area contributed by atoms with Crippen molar-refractivity contribution in [1.29, 1.82) is 0 Å². The highest BCUT2D eigenvalue weighted by Crippen LogP contribution is 2.24. The van der Waals surface area contributed by atoms with Gasteiger partial charge in [0, 0.05) is 5.75 Å². The Labute approximate surface area is 121 Å². The van der Waals surface area contributed by atoms with Crippen LogP contribution in [0.25, 0.3) is 0 Å². The van der Waals surface area contributed by atoms with Crippen molar-refractivity contribution < 1.29 is 0 Å². The van der Waals surface area contributed by atoms with Gasteiger partial charge in [-0.25, -0.2) is 0 Å². The van der Waals surface area contributed by atoms with Crippen molar-refractivity contribution in [1.82, 2.24) is 5.32 Å². The molecule has 2 rings (SSSR count). The number of amidine groups is 1. The van der Waals surface area contributed by atoms with E-state index in [2.05, 4.69) is 56.4 Å². The van der Waals surface area contributed by atoms with Gasteiger partial charge in [-0.15, -0.1) is 0 Å². The van der Waals surface area contributed by atoms with Crippen LogP contribution in [-0.4, -0.2) is 17.0 Å². The quantitative estimate of drug-likeness (QED) is 0.889. The second kappa shape index (κ2) is 6.99. The molecule has 1 aromatic rings. The molecule has 1 aromatic carbocycles. The van der Waals surface area contributed by atoms with Gasteiger partial charge in [-0.05, 0) is 24.3 Å². The maximum Gasteiger partial charge on any atom is 0.157 e. The van der Waals surface area contributed by atoms with Crippen molar-refractivity contribution in [3.05, 3.63) is 35.9 Å². The first kappa shape index (κ1) is 14.4. The number of hydrogen-bond donors (Lipinski definition) is 1. The number of nitrogens with one attached hydrogen (secondary N) is 1. The summed E-state index contributed by atoms with van der Waals surface area (Å²) in [7, 11) is 0. The summed E-state index contributed by atoms with van der Waals surface area (Å²) < 4.78 is 0. The van der Waals surface area contributed by atoms with Gasteiger partial charge in [-0.2, -0.15) is 0 Å². The fraction of sp³-hybridized carbons (Fsp3) is 0.562. The Morgan fingerprint density at radius 1 is 1.32 bits per heavy atom. The Morgan fingerprint density at radius 3 is 2.68 bits per heavy atom. The molecule has 2 atom stereocenters. The van der Waals surface area contributed by atoms with Crippen LogP contribution in [0.5, 0.6) is 0 Å². The molecule has 0 saturated carbocycles. The van der Waals surface area contributed by atoms with Gasteiger partial charge in [0.15, 0.2) is 5.17 Å². The minimum atomic E-state index is 0.373. The normalized spacial score (nSPS) is 21.1. The van der Waals surface area contributed by atoms with Gasteiger partial charge >= 0.3 is 0 Å².